The lowest BCUT2D eigenvalue weighted by Crippen LogP contribution is -2.48. The van der Waals surface area contributed by atoms with Crippen molar-refractivity contribution in [3.05, 3.63) is 0 Å². The van der Waals surface area contributed by atoms with Gasteiger partial charge in [-0.05, 0) is 32.1 Å². The van der Waals surface area contributed by atoms with E-state index in [0.29, 0.717) is 19.1 Å². The lowest BCUT2D eigenvalue weighted by Gasteiger charge is -2.32. The monoisotopic (exact) mass is 369 g/mol. The summed E-state index contributed by atoms with van der Waals surface area (Å²) in [4.78, 5) is 25.9. The summed E-state index contributed by atoms with van der Waals surface area (Å²) in [5.41, 5.74) is 0. The van der Waals surface area contributed by atoms with Crippen LogP contribution in [-0.2, 0) is 14.3 Å². The molecular weight excluding hydrogens is 334 g/mol. The van der Waals surface area contributed by atoms with Crippen molar-refractivity contribution in [2.75, 3.05) is 39.4 Å². The molecule has 0 aromatic heterocycles. The Hall–Kier alpha value is -1.34. The number of hydrogen-bond donors (Lipinski definition) is 2. The Balaban J connectivity index is 1.47. The summed E-state index contributed by atoms with van der Waals surface area (Å²) in [6.45, 7) is 6.72. The quantitative estimate of drug-likeness (QED) is 0.545. The minimum Gasteiger partial charge on any atom is -0.450 e. The van der Waals surface area contributed by atoms with E-state index >= 15 is 0 Å². The van der Waals surface area contributed by atoms with Gasteiger partial charge in [0.05, 0.1) is 12.7 Å². The van der Waals surface area contributed by atoms with Gasteiger partial charge in [0.15, 0.2) is 0 Å². The first-order valence-electron chi connectivity index (χ1n) is 10.2. The Bertz CT molecular complexity index is 421. The molecule has 2 heterocycles. The highest BCUT2D eigenvalue weighted by molar-refractivity contribution is 5.76. The minimum absolute atomic E-state index is 0.117. The average molecular weight is 370 g/mol. The molecule has 150 valence electrons. The Labute approximate surface area is 157 Å². The van der Waals surface area contributed by atoms with Crippen molar-refractivity contribution < 1.29 is 19.1 Å². The summed E-state index contributed by atoms with van der Waals surface area (Å²) in [6, 6.07) is 0.117. The Kier molecular flexibility index (Phi) is 9.77. The van der Waals surface area contributed by atoms with Gasteiger partial charge in [-0.15, -0.1) is 0 Å². The summed E-state index contributed by atoms with van der Waals surface area (Å²) >= 11 is 0. The van der Waals surface area contributed by atoms with Gasteiger partial charge in [0, 0.05) is 45.2 Å². The fraction of sp³-hybridized carbons (Fsp3) is 0.895. The molecule has 2 fully saturated rings. The maximum Gasteiger partial charge on any atom is 0.407 e. The van der Waals surface area contributed by atoms with Gasteiger partial charge in [0.1, 0.15) is 0 Å². The van der Waals surface area contributed by atoms with Gasteiger partial charge in [-0.25, -0.2) is 4.79 Å². The van der Waals surface area contributed by atoms with Gasteiger partial charge in [0.25, 0.3) is 0 Å². The standard InChI is InChI=1S/C19H35N3O4/c1-2-3-12-26-19(24)21-16-8-10-22(11-9-16)18(23)7-5-4-6-13-25-17-14-20-15-17/h16-17,20H,2-15H2,1H3,(H,21,24). The Morgan fingerprint density at radius 2 is 1.85 bits per heavy atom. The molecule has 7 heteroatoms. The molecule has 7 nitrogen and oxygen atoms in total. The molecule has 0 atom stereocenters. The number of piperidine rings is 1. The van der Waals surface area contributed by atoms with Crippen LogP contribution in [-0.4, -0.2) is 68.4 Å². The highest BCUT2D eigenvalue weighted by atomic mass is 16.5. The van der Waals surface area contributed by atoms with Crippen molar-refractivity contribution in [3.63, 3.8) is 0 Å². The number of alkyl carbamates (subject to hydrolysis) is 1. The molecule has 0 aromatic rings. The average Bonchev–Trinajstić information content (AvgIpc) is 2.60. The van der Waals surface area contributed by atoms with Crippen LogP contribution in [0.3, 0.4) is 0 Å². The van der Waals surface area contributed by atoms with Gasteiger partial charge < -0.3 is 25.0 Å². The van der Waals surface area contributed by atoms with Gasteiger partial charge in [-0.3, -0.25) is 4.79 Å². The number of nitrogens with zero attached hydrogens (tertiary/aromatic N) is 1. The van der Waals surface area contributed by atoms with E-state index in [0.717, 1.165) is 77.7 Å². The zero-order valence-electron chi connectivity index (χ0n) is 16.1. The zero-order chi connectivity index (χ0) is 18.6. The molecular formula is C19H35N3O4. The van der Waals surface area contributed by atoms with E-state index in [4.69, 9.17) is 9.47 Å². The van der Waals surface area contributed by atoms with E-state index in [9.17, 15) is 9.59 Å². The van der Waals surface area contributed by atoms with Crippen LogP contribution < -0.4 is 10.6 Å². The SMILES string of the molecule is CCCCOC(=O)NC1CCN(C(=O)CCCCCOC2CNC2)CC1. The van der Waals surface area contributed by atoms with Crippen molar-refractivity contribution in [2.45, 2.75) is 70.4 Å². The van der Waals surface area contributed by atoms with Crippen LogP contribution >= 0.6 is 0 Å². The third-order valence-corrected chi connectivity index (χ3v) is 5.03. The van der Waals surface area contributed by atoms with Crippen molar-refractivity contribution in [1.82, 2.24) is 15.5 Å². The van der Waals surface area contributed by atoms with E-state index < -0.39 is 0 Å². The number of hydrogen-bond acceptors (Lipinski definition) is 5. The molecule has 2 rings (SSSR count). The van der Waals surface area contributed by atoms with E-state index in [1.54, 1.807) is 0 Å². The van der Waals surface area contributed by atoms with Crippen molar-refractivity contribution in [2.24, 2.45) is 0 Å². The molecule has 0 saturated carbocycles. The van der Waals surface area contributed by atoms with E-state index in [-0.39, 0.29) is 18.0 Å². The summed E-state index contributed by atoms with van der Waals surface area (Å²) in [7, 11) is 0. The summed E-state index contributed by atoms with van der Waals surface area (Å²) in [5.74, 6) is 0.234. The molecule has 0 radical (unpaired) electrons. The first-order valence-corrected chi connectivity index (χ1v) is 10.2. The van der Waals surface area contributed by atoms with Crippen LogP contribution in [0.1, 0.15) is 58.3 Å². The third kappa shape index (κ3) is 7.91. The number of ether oxygens (including phenoxy) is 2. The second kappa shape index (κ2) is 12.1. The van der Waals surface area contributed by atoms with Crippen molar-refractivity contribution in [1.29, 1.82) is 0 Å². The van der Waals surface area contributed by atoms with Crippen molar-refractivity contribution >= 4 is 12.0 Å². The van der Waals surface area contributed by atoms with Crippen LogP contribution in [0.4, 0.5) is 4.79 Å². The lowest BCUT2D eigenvalue weighted by molar-refractivity contribution is -0.132. The number of amides is 2. The largest absolute Gasteiger partial charge is 0.450 e. The fourth-order valence-electron chi connectivity index (χ4n) is 3.13. The Morgan fingerprint density at radius 3 is 2.50 bits per heavy atom. The summed E-state index contributed by atoms with van der Waals surface area (Å²) in [6.07, 6.45) is 7.18. The predicted octanol–water partition coefficient (Wildman–Crippen LogP) is 2.05. The fourth-order valence-corrected chi connectivity index (χ4v) is 3.13. The molecule has 2 N–H and O–H groups in total. The maximum atomic E-state index is 12.3. The molecule has 0 unspecified atom stereocenters. The molecule has 26 heavy (non-hydrogen) atoms. The van der Waals surface area contributed by atoms with E-state index in [1.807, 2.05) is 4.90 Å². The van der Waals surface area contributed by atoms with Gasteiger partial charge in [0.2, 0.25) is 5.91 Å². The Morgan fingerprint density at radius 1 is 1.08 bits per heavy atom. The lowest BCUT2D eigenvalue weighted by atomic mass is 10.0. The number of nitrogens with one attached hydrogen (secondary N) is 2. The van der Waals surface area contributed by atoms with Crippen molar-refractivity contribution in [3.8, 4) is 0 Å². The number of carbonyl (C=O) groups excluding carboxylic acids is 2. The molecule has 0 aromatic carbocycles. The predicted molar refractivity (Wildman–Crippen MR) is 100 cm³/mol. The topological polar surface area (TPSA) is 79.9 Å². The summed E-state index contributed by atoms with van der Waals surface area (Å²) in [5, 5.41) is 6.09. The molecule has 0 bridgehead atoms. The van der Waals surface area contributed by atoms with Crippen LogP contribution in [0.15, 0.2) is 0 Å². The molecule has 0 spiro atoms. The highest BCUT2D eigenvalue weighted by Gasteiger charge is 2.23. The maximum absolute atomic E-state index is 12.3. The minimum atomic E-state index is -0.330. The first kappa shape index (κ1) is 21.0. The van der Waals surface area contributed by atoms with E-state index in [2.05, 4.69) is 17.6 Å². The smallest absolute Gasteiger partial charge is 0.407 e. The van der Waals surface area contributed by atoms with Gasteiger partial charge in [-0.1, -0.05) is 19.8 Å². The normalized spacial score (nSPS) is 18.4. The molecule has 2 saturated heterocycles. The second-order valence-electron chi connectivity index (χ2n) is 7.25. The zero-order valence-corrected chi connectivity index (χ0v) is 16.1. The van der Waals surface area contributed by atoms with Crippen LogP contribution in [0.5, 0.6) is 0 Å². The van der Waals surface area contributed by atoms with Gasteiger partial charge >= 0.3 is 6.09 Å². The second-order valence-corrected chi connectivity index (χ2v) is 7.25. The van der Waals surface area contributed by atoms with Gasteiger partial charge in [-0.2, -0.15) is 0 Å². The summed E-state index contributed by atoms with van der Waals surface area (Å²) < 4.78 is 10.8. The van der Waals surface area contributed by atoms with Crippen LogP contribution in [0, 0.1) is 0 Å². The number of likely N-dealkylation sites (tertiary alicyclic amines) is 1. The van der Waals surface area contributed by atoms with Crippen LogP contribution in [0.25, 0.3) is 0 Å². The molecule has 2 aliphatic heterocycles. The number of carbonyl (C=O) groups is 2. The molecule has 2 amide bonds. The highest BCUT2D eigenvalue weighted by Crippen LogP contribution is 2.13. The van der Waals surface area contributed by atoms with E-state index in [1.165, 1.54) is 0 Å². The first-order chi connectivity index (χ1) is 12.7. The molecule has 0 aliphatic carbocycles. The van der Waals surface area contributed by atoms with Crippen LogP contribution in [0.2, 0.25) is 0 Å². The number of rotatable bonds is 11. The number of unbranched alkanes of at least 4 members (excludes halogenated alkanes) is 3. The molecule has 2 aliphatic rings. The third-order valence-electron chi connectivity index (χ3n) is 5.03.